The van der Waals surface area contributed by atoms with Crippen LogP contribution in [-0.2, 0) is 23.9 Å². The smallest absolute Gasteiger partial charge is 0.226 e. The van der Waals surface area contributed by atoms with E-state index in [0.717, 1.165) is 11.1 Å². The maximum atomic E-state index is 13.2. The molecular weight excluding hydrogens is 424 g/mol. The number of allylic oxidation sites excluding steroid dienone is 7. The first kappa shape index (κ1) is 17.3. The van der Waals surface area contributed by atoms with E-state index in [1.54, 1.807) is 6.92 Å². The summed E-state index contributed by atoms with van der Waals surface area (Å²) in [5, 5.41) is 0. The van der Waals surface area contributed by atoms with E-state index in [9.17, 15) is 19.2 Å². The van der Waals surface area contributed by atoms with Gasteiger partial charge in [0.15, 0.2) is 17.3 Å². The van der Waals surface area contributed by atoms with Gasteiger partial charge in [0.25, 0.3) is 0 Å². The van der Waals surface area contributed by atoms with Gasteiger partial charge in [0.1, 0.15) is 4.48 Å². The number of Topliss-reactive ketones (excluding diaryl/α,β-unsaturated/α-hetero) is 3. The molecule has 6 heteroatoms. The minimum absolute atomic E-state index is 0.0489. The van der Waals surface area contributed by atoms with Crippen molar-refractivity contribution in [2.75, 3.05) is 7.11 Å². The molecule has 2 bridgehead atoms. The summed E-state index contributed by atoms with van der Waals surface area (Å²) in [6.07, 6.45) is 1.32. The second-order valence-electron chi connectivity index (χ2n) is 7.18. The maximum absolute atomic E-state index is 13.2. The van der Waals surface area contributed by atoms with E-state index >= 15 is 0 Å². The van der Waals surface area contributed by atoms with Crippen LogP contribution in [0, 0.1) is 0 Å². The van der Waals surface area contributed by atoms with Gasteiger partial charge in [0, 0.05) is 39.7 Å². The van der Waals surface area contributed by atoms with E-state index in [-0.39, 0.29) is 38.7 Å². The average Bonchev–Trinajstić information content (AvgIpc) is 2.69. The fraction of sp³-hybridized carbons (Fsp3) is 0.182. The summed E-state index contributed by atoms with van der Waals surface area (Å²) in [4.78, 5) is 52.3. The molecule has 0 fully saturated rings. The first-order valence-electron chi connectivity index (χ1n) is 8.75. The van der Waals surface area contributed by atoms with Crippen LogP contribution in [0.5, 0.6) is 0 Å². The molecule has 138 valence electrons. The third-order valence-electron chi connectivity index (χ3n) is 5.87. The highest BCUT2D eigenvalue weighted by Gasteiger charge is 2.55. The van der Waals surface area contributed by atoms with Gasteiger partial charge in [-0.25, -0.2) is 0 Å². The van der Waals surface area contributed by atoms with Crippen molar-refractivity contribution in [3.05, 3.63) is 79.6 Å². The topological polar surface area (TPSA) is 77.5 Å². The van der Waals surface area contributed by atoms with E-state index in [1.165, 1.54) is 13.2 Å². The Bertz CT molecular complexity index is 1190. The number of hydrogen-bond acceptors (Lipinski definition) is 5. The van der Waals surface area contributed by atoms with Gasteiger partial charge < -0.3 is 4.74 Å². The van der Waals surface area contributed by atoms with Crippen LogP contribution in [0.2, 0.25) is 0 Å². The van der Waals surface area contributed by atoms with Crippen LogP contribution in [0.3, 0.4) is 0 Å². The first-order valence-corrected chi connectivity index (χ1v) is 9.55. The van der Waals surface area contributed by atoms with Crippen molar-refractivity contribution in [1.29, 1.82) is 0 Å². The lowest BCUT2D eigenvalue weighted by atomic mass is 9.56. The van der Waals surface area contributed by atoms with E-state index < -0.39 is 17.6 Å². The minimum Gasteiger partial charge on any atom is -0.491 e. The first-order chi connectivity index (χ1) is 13.4. The predicted molar refractivity (Wildman–Crippen MR) is 103 cm³/mol. The number of hydrogen-bond donors (Lipinski definition) is 0. The number of benzene rings is 1. The van der Waals surface area contributed by atoms with Crippen molar-refractivity contribution in [3.8, 4) is 0 Å². The third-order valence-corrected chi connectivity index (χ3v) is 6.59. The van der Waals surface area contributed by atoms with Crippen molar-refractivity contribution in [2.24, 2.45) is 0 Å². The van der Waals surface area contributed by atoms with Crippen LogP contribution in [0.1, 0.15) is 29.9 Å². The molecule has 0 aliphatic heterocycles. The van der Waals surface area contributed by atoms with Gasteiger partial charge in [-0.15, -0.1) is 0 Å². The third kappa shape index (κ3) is 1.86. The highest BCUT2D eigenvalue weighted by molar-refractivity contribution is 9.12. The van der Waals surface area contributed by atoms with Crippen LogP contribution in [0.25, 0.3) is 0 Å². The summed E-state index contributed by atoms with van der Waals surface area (Å²) in [7, 11) is 1.33. The zero-order chi connectivity index (χ0) is 19.9. The zero-order valence-corrected chi connectivity index (χ0v) is 16.5. The number of ether oxygens (including phenoxy) is 1. The molecule has 0 aromatic heterocycles. The molecule has 5 aliphatic rings. The zero-order valence-electron chi connectivity index (χ0n) is 15.0. The predicted octanol–water partition coefficient (Wildman–Crippen LogP) is 2.98. The Morgan fingerprint density at radius 1 is 0.821 bits per heavy atom. The van der Waals surface area contributed by atoms with Gasteiger partial charge in [-0.1, -0.05) is 24.3 Å². The molecule has 0 heterocycles. The fourth-order valence-corrected chi connectivity index (χ4v) is 5.34. The fourth-order valence-electron chi connectivity index (χ4n) is 4.78. The number of halogens is 1. The molecule has 0 radical (unpaired) electrons. The Morgan fingerprint density at radius 3 is 1.96 bits per heavy atom. The average molecular weight is 437 g/mol. The van der Waals surface area contributed by atoms with Crippen molar-refractivity contribution < 1.29 is 23.9 Å². The van der Waals surface area contributed by atoms with Gasteiger partial charge in [-0.2, -0.15) is 0 Å². The van der Waals surface area contributed by atoms with E-state index in [1.807, 2.05) is 24.3 Å². The molecular formula is C22H13BrO5. The molecule has 2 unspecified atom stereocenters. The molecule has 0 amide bonds. The summed E-state index contributed by atoms with van der Waals surface area (Å²) in [6.45, 7) is 1.60. The lowest BCUT2D eigenvalue weighted by molar-refractivity contribution is -0.119. The molecule has 5 aliphatic carbocycles. The van der Waals surface area contributed by atoms with Crippen molar-refractivity contribution in [3.63, 3.8) is 0 Å². The number of carbonyl (C=O) groups excluding carboxylic acids is 4. The van der Waals surface area contributed by atoms with Crippen LogP contribution in [0.4, 0.5) is 0 Å². The van der Waals surface area contributed by atoms with Crippen molar-refractivity contribution >= 4 is 39.1 Å². The van der Waals surface area contributed by atoms with Gasteiger partial charge >= 0.3 is 0 Å². The monoisotopic (exact) mass is 436 g/mol. The molecule has 6 rings (SSSR count). The van der Waals surface area contributed by atoms with Crippen LogP contribution >= 0.6 is 15.9 Å². The number of methoxy groups -OCH3 is 1. The summed E-state index contributed by atoms with van der Waals surface area (Å²) in [6, 6.07) is 7.36. The Morgan fingerprint density at radius 2 is 1.36 bits per heavy atom. The van der Waals surface area contributed by atoms with Gasteiger partial charge in [0.05, 0.1) is 7.11 Å². The Kier molecular flexibility index (Phi) is 3.44. The quantitative estimate of drug-likeness (QED) is 0.632. The minimum atomic E-state index is -0.741. The van der Waals surface area contributed by atoms with Crippen molar-refractivity contribution in [1.82, 2.24) is 0 Å². The summed E-state index contributed by atoms with van der Waals surface area (Å²) in [5.74, 6) is -2.87. The van der Waals surface area contributed by atoms with E-state index in [2.05, 4.69) is 15.9 Å². The molecule has 28 heavy (non-hydrogen) atoms. The number of carbonyl (C=O) groups is 4. The van der Waals surface area contributed by atoms with Gasteiger partial charge in [-0.05, 0) is 40.1 Å². The molecule has 5 nitrogen and oxygen atoms in total. The highest BCUT2D eigenvalue weighted by atomic mass is 79.9. The Balaban J connectivity index is 1.86. The molecule has 2 atom stereocenters. The highest BCUT2D eigenvalue weighted by Crippen LogP contribution is 2.59. The molecule has 1 aromatic carbocycles. The number of rotatable bonds is 1. The number of ketones is 4. The van der Waals surface area contributed by atoms with Crippen molar-refractivity contribution in [2.45, 2.75) is 18.8 Å². The summed E-state index contributed by atoms with van der Waals surface area (Å²) >= 11 is 3.19. The van der Waals surface area contributed by atoms with Crippen LogP contribution in [0.15, 0.2) is 68.4 Å². The second kappa shape index (κ2) is 5.58. The summed E-state index contributed by atoms with van der Waals surface area (Å²) < 4.78 is 5.23. The standard InChI is InChI=1S/C22H13BrO5/c1-8-7-11(24)14-12-9-5-3-4-6-10(9)13(15(14)19(8)25)16-17(12)21(27)22(28-2)18(23)20(16)26/h3-7,12-13H,1-2H3. The van der Waals surface area contributed by atoms with Gasteiger partial charge in [0.2, 0.25) is 11.6 Å². The van der Waals surface area contributed by atoms with Crippen LogP contribution in [-0.4, -0.2) is 30.2 Å². The lowest BCUT2D eigenvalue weighted by Gasteiger charge is -2.45. The largest absolute Gasteiger partial charge is 0.491 e. The second-order valence-corrected chi connectivity index (χ2v) is 7.97. The molecule has 0 N–H and O–H groups in total. The molecule has 1 aromatic rings. The van der Waals surface area contributed by atoms with Crippen LogP contribution < -0.4 is 0 Å². The molecule has 0 saturated heterocycles. The van der Waals surface area contributed by atoms with Gasteiger partial charge in [-0.3, -0.25) is 19.2 Å². The normalized spacial score (nSPS) is 25.8. The Labute approximate surface area is 168 Å². The lowest BCUT2D eigenvalue weighted by Crippen LogP contribution is -2.42. The maximum Gasteiger partial charge on any atom is 0.226 e. The van der Waals surface area contributed by atoms with E-state index in [4.69, 9.17) is 4.74 Å². The SMILES string of the molecule is COC1=C(Br)C(=O)C2=C(C1=O)C1C3=C(C(=O)C(C)=CC3=O)C2c2ccccc21. The molecule has 0 saturated carbocycles. The summed E-state index contributed by atoms with van der Waals surface area (Å²) in [5.41, 5.74) is 3.09. The Hall–Kier alpha value is -2.86. The molecule has 0 spiro atoms. The van der Waals surface area contributed by atoms with E-state index in [0.29, 0.717) is 16.7 Å².